The number of hydrogen-bond acceptors (Lipinski definition) is 8. The topological polar surface area (TPSA) is 185 Å². The Hall–Kier alpha value is -2.28. The first kappa shape index (κ1) is 27.8. The lowest BCUT2D eigenvalue weighted by atomic mass is 10.2. The second-order valence-electron chi connectivity index (χ2n) is 8.46. The number of amides is 4. The first-order chi connectivity index (χ1) is 14.9. The first-order valence-electron chi connectivity index (χ1n) is 11.0. The van der Waals surface area contributed by atoms with Crippen LogP contribution in [0.5, 0.6) is 0 Å². The zero-order valence-electron chi connectivity index (χ0n) is 19.7. The minimum atomic E-state index is -0.527. The highest BCUT2D eigenvalue weighted by Crippen LogP contribution is 2.10. The Bertz CT molecular complexity index is 548. The monoisotopic (exact) mass is 456 g/mol. The molecule has 8 N–H and O–H groups in total. The number of carbonyl (C=O) groups excluding carboxylic acids is 4. The van der Waals surface area contributed by atoms with Gasteiger partial charge >= 0.3 is 0 Å². The molecule has 0 unspecified atom stereocenters. The fraction of sp³-hybridized carbons (Fsp3) is 0.800. The van der Waals surface area contributed by atoms with Crippen molar-refractivity contribution in [2.75, 3.05) is 52.4 Å². The smallest absolute Gasteiger partial charge is 0.234 e. The minimum Gasteiger partial charge on any atom is -0.368 e. The molecule has 4 amide bonds. The van der Waals surface area contributed by atoms with E-state index in [1.54, 1.807) is 27.7 Å². The number of rotatable bonds is 8. The summed E-state index contributed by atoms with van der Waals surface area (Å²) in [5.74, 6) is -1.82. The van der Waals surface area contributed by atoms with Gasteiger partial charge in [0.15, 0.2) is 0 Å². The van der Waals surface area contributed by atoms with Gasteiger partial charge in [-0.05, 0) is 27.7 Å². The van der Waals surface area contributed by atoms with Gasteiger partial charge < -0.3 is 22.9 Å². The van der Waals surface area contributed by atoms with Gasteiger partial charge in [-0.3, -0.25) is 38.8 Å². The molecule has 0 bridgehead atoms. The molecule has 1 saturated heterocycles. The molecule has 0 saturated carbocycles. The van der Waals surface area contributed by atoms with E-state index in [0.717, 1.165) is 0 Å². The Labute approximate surface area is 190 Å². The van der Waals surface area contributed by atoms with Crippen LogP contribution in [0, 0.1) is 0 Å². The summed E-state index contributed by atoms with van der Waals surface area (Å²) in [6.45, 7) is 10.6. The average molecular weight is 457 g/mol. The summed E-state index contributed by atoms with van der Waals surface area (Å²) in [5, 5.41) is 0. The molecule has 0 aromatic carbocycles. The van der Waals surface area contributed by atoms with Gasteiger partial charge in [-0.1, -0.05) is 0 Å². The summed E-state index contributed by atoms with van der Waals surface area (Å²) in [6.07, 6.45) is 0. The van der Waals surface area contributed by atoms with Gasteiger partial charge in [0.2, 0.25) is 23.6 Å². The van der Waals surface area contributed by atoms with Crippen LogP contribution in [0.25, 0.3) is 0 Å². The normalized spacial score (nSPS) is 22.6. The van der Waals surface area contributed by atoms with Crippen molar-refractivity contribution in [3.63, 3.8) is 0 Å². The summed E-state index contributed by atoms with van der Waals surface area (Å²) in [7, 11) is 0. The quantitative estimate of drug-likeness (QED) is 0.292. The Kier molecular flexibility index (Phi) is 11.0. The van der Waals surface area contributed by atoms with Gasteiger partial charge in [0.05, 0.1) is 24.2 Å². The summed E-state index contributed by atoms with van der Waals surface area (Å²) < 4.78 is 0. The highest BCUT2D eigenvalue weighted by molar-refractivity contribution is 5.80. The Morgan fingerprint density at radius 1 is 0.438 bits per heavy atom. The molecule has 1 rings (SSSR count). The van der Waals surface area contributed by atoms with Crippen molar-refractivity contribution in [2.24, 2.45) is 22.9 Å². The van der Waals surface area contributed by atoms with Gasteiger partial charge in [-0.2, -0.15) is 0 Å². The molecular weight excluding hydrogens is 416 g/mol. The van der Waals surface area contributed by atoms with Crippen LogP contribution >= 0.6 is 0 Å². The third kappa shape index (κ3) is 8.01. The lowest BCUT2D eigenvalue weighted by Crippen LogP contribution is -2.56. The van der Waals surface area contributed by atoms with Crippen LogP contribution < -0.4 is 22.9 Å². The molecular formula is C20H40N8O4. The molecule has 12 nitrogen and oxygen atoms in total. The molecule has 4 atom stereocenters. The second kappa shape index (κ2) is 12.7. The minimum absolute atomic E-state index is 0.456. The molecule has 1 heterocycles. The largest absolute Gasteiger partial charge is 0.368 e. The summed E-state index contributed by atoms with van der Waals surface area (Å²) >= 11 is 0. The zero-order valence-corrected chi connectivity index (χ0v) is 19.7. The second-order valence-corrected chi connectivity index (χ2v) is 8.46. The molecule has 1 aliphatic heterocycles. The summed E-state index contributed by atoms with van der Waals surface area (Å²) in [4.78, 5) is 55.1. The van der Waals surface area contributed by atoms with Gasteiger partial charge in [0.25, 0.3) is 0 Å². The Balaban J connectivity index is 3.21. The predicted molar refractivity (Wildman–Crippen MR) is 121 cm³/mol. The standard InChI is InChI=1S/C20H40N8O4/c1-13(17(21)29)25-5-7-26(14(2)18(22)30)9-11-28(16(4)20(24)32)12-10-27(8-6-25)15(3)19(23)31/h13-16H,5-12H2,1-4H3,(H2,21,29)(H2,22,30)(H2,23,31)(H2,24,32)/t13-,14-,15-,16-/m0/s1. The van der Waals surface area contributed by atoms with E-state index in [9.17, 15) is 19.2 Å². The lowest BCUT2D eigenvalue weighted by Gasteiger charge is -2.38. The van der Waals surface area contributed by atoms with Crippen molar-refractivity contribution < 1.29 is 19.2 Å². The lowest BCUT2D eigenvalue weighted by molar-refractivity contribution is -0.126. The Morgan fingerprint density at radius 2 is 0.562 bits per heavy atom. The Morgan fingerprint density at radius 3 is 0.656 bits per heavy atom. The van der Waals surface area contributed by atoms with Crippen LogP contribution in [-0.2, 0) is 19.2 Å². The average Bonchev–Trinajstić information content (AvgIpc) is 2.72. The molecule has 184 valence electrons. The number of nitrogens with zero attached hydrogens (tertiary/aromatic N) is 4. The molecule has 1 aliphatic rings. The maximum atomic E-state index is 11.9. The maximum Gasteiger partial charge on any atom is 0.234 e. The van der Waals surface area contributed by atoms with E-state index in [2.05, 4.69) is 0 Å². The highest BCUT2D eigenvalue weighted by Gasteiger charge is 2.28. The van der Waals surface area contributed by atoms with E-state index < -0.39 is 47.8 Å². The van der Waals surface area contributed by atoms with E-state index in [4.69, 9.17) is 22.9 Å². The van der Waals surface area contributed by atoms with Gasteiger partial charge in [0, 0.05) is 52.4 Å². The third-order valence-corrected chi connectivity index (χ3v) is 6.54. The van der Waals surface area contributed by atoms with Crippen molar-refractivity contribution in [3.05, 3.63) is 0 Å². The van der Waals surface area contributed by atoms with Crippen molar-refractivity contribution >= 4 is 23.6 Å². The summed E-state index contributed by atoms with van der Waals surface area (Å²) in [6, 6.07) is -2.11. The molecule has 1 fully saturated rings. The van der Waals surface area contributed by atoms with E-state index in [1.807, 2.05) is 19.6 Å². The number of nitrogens with two attached hydrogens (primary N) is 4. The fourth-order valence-electron chi connectivity index (χ4n) is 3.74. The van der Waals surface area contributed by atoms with Gasteiger partial charge in [-0.15, -0.1) is 0 Å². The predicted octanol–water partition coefficient (Wildman–Crippen LogP) is -3.30. The first-order valence-corrected chi connectivity index (χ1v) is 11.0. The van der Waals surface area contributed by atoms with Crippen LogP contribution in [0.1, 0.15) is 27.7 Å². The molecule has 0 aromatic heterocycles. The van der Waals surface area contributed by atoms with Crippen LogP contribution in [0.15, 0.2) is 0 Å². The molecule has 0 radical (unpaired) electrons. The molecule has 32 heavy (non-hydrogen) atoms. The van der Waals surface area contributed by atoms with E-state index in [0.29, 0.717) is 52.4 Å². The van der Waals surface area contributed by atoms with Crippen molar-refractivity contribution in [2.45, 2.75) is 51.9 Å². The van der Waals surface area contributed by atoms with E-state index in [1.165, 1.54) is 0 Å². The molecule has 12 heteroatoms. The number of carbonyl (C=O) groups is 4. The van der Waals surface area contributed by atoms with Crippen molar-refractivity contribution in [1.29, 1.82) is 0 Å². The van der Waals surface area contributed by atoms with Crippen LogP contribution in [0.2, 0.25) is 0 Å². The molecule has 0 spiro atoms. The van der Waals surface area contributed by atoms with Gasteiger partial charge in [-0.25, -0.2) is 0 Å². The van der Waals surface area contributed by atoms with Crippen LogP contribution in [-0.4, -0.2) is 120 Å². The molecule has 0 aliphatic carbocycles. The van der Waals surface area contributed by atoms with Crippen LogP contribution in [0.4, 0.5) is 0 Å². The number of primary amides is 4. The fourth-order valence-corrected chi connectivity index (χ4v) is 3.74. The maximum absolute atomic E-state index is 11.9. The van der Waals surface area contributed by atoms with E-state index >= 15 is 0 Å². The van der Waals surface area contributed by atoms with Gasteiger partial charge in [0.1, 0.15) is 0 Å². The highest BCUT2D eigenvalue weighted by atomic mass is 16.2. The zero-order chi connectivity index (χ0) is 24.6. The molecule has 0 aromatic rings. The SMILES string of the molecule is C[C@@H](C(N)=O)N1CCN([C@@H](C)C(N)=O)CCN([C@@H](C)C(N)=O)CCN([C@@H](C)C(N)=O)CC1. The van der Waals surface area contributed by atoms with Crippen LogP contribution in [0.3, 0.4) is 0 Å². The third-order valence-electron chi connectivity index (χ3n) is 6.54. The summed E-state index contributed by atoms with van der Waals surface area (Å²) in [5.41, 5.74) is 22.2. The number of hydrogen-bond donors (Lipinski definition) is 4. The van der Waals surface area contributed by atoms with Crippen molar-refractivity contribution in [1.82, 2.24) is 19.6 Å². The van der Waals surface area contributed by atoms with E-state index in [-0.39, 0.29) is 0 Å². The van der Waals surface area contributed by atoms with Crippen molar-refractivity contribution in [3.8, 4) is 0 Å².